The van der Waals surface area contributed by atoms with Gasteiger partial charge >= 0.3 is 0 Å². The maximum absolute atomic E-state index is 12.4. The standard InChI is InChI=1S/C19H22N2O4/c1-13-9-21(10-14-6-4-3-5-7-14)11-15(13)20-19(23)17-8-16(22)18(24-2)12-25-17/h3-8,12-13,15H,9-11H2,1-2H3,(H,20,23)/t13-,15-/m0/s1. The second kappa shape index (κ2) is 7.53. The zero-order valence-corrected chi connectivity index (χ0v) is 14.4. The van der Waals surface area contributed by atoms with Crippen LogP contribution in [-0.2, 0) is 6.54 Å². The zero-order valence-electron chi connectivity index (χ0n) is 14.4. The van der Waals surface area contributed by atoms with Crippen molar-refractivity contribution in [1.29, 1.82) is 0 Å². The average Bonchev–Trinajstić information content (AvgIpc) is 2.94. The monoisotopic (exact) mass is 342 g/mol. The minimum atomic E-state index is -0.377. The molecule has 0 aliphatic carbocycles. The largest absolute Gasteiger partial charge is 0.490 e. The minimum Gasteiger partial charge on any atom is -0.490 e. The number of likely N-dealkylation sites (tertiary alicyclic amines) is 1. The Hall–Kier alpha value is -2.60. The third-order valence-corrected chi connectivity index (χ3v) is 4.50. The smallest absolute Gasteiger partial charge is 0.287 e. The molecule has 3 rings (SSSR count). The first-order valence-corrected chi connectivity index (χ1v) is 8.31. The number of nitrogens with zero attached hydrogens (tertiary/aromatic N) is 1. The van der Waals surface area contributed by atoms with Gasteiger partial charge in [-0.3, -0.25) is 14.5 Å². The van der Waals surface area contributed by atoms with Gasteiger partial charge < -0.3 is 14.5 Å². The molecule has 1 aliphatic heterocycles. The second-order valence-electron chi connectivity index (χ2n) is 6.41. The summed E-state index contributed by atoms with van der Waals surface area (Å²) in [4.78, 5) is 26.4. The maximum atomic E-state index is 12.4. The van der Waals surface area contributed by atoms with E-state index in [0.717, 1.165) is 32.0 Å². The molecule has 6 heteroatoms. The molecule has 1 N–H and O–H groups in total. The number of methoxy groups -OCH3 is 1. The molecule has 0 unspecified atom stereocenters. The van der Waals surface area contributed by atoms with Crippen molar-refractivity contribution in [3.63, 3.8) is 0 Å². The van der Waals surface area contributed by atoms with Gasteiger partial charge in [0.05, 0.1) is 7.11 Å². The third-order valence-electron chi connectivity index (χ3n) is 4.50. The number of hydrogen-bond donors (Lipinski definition) is 1. The van der Waals surface area contributed by atoms with Crippen molar-refractivity contribution in [2.45, 2.75) is 19.5 Å². The fourth-order valence-electron chi connectivity index (χ4n) is 3.13. The summed E-state index contributed by atoms with van der Waals surface area (Å²) in [6.07, 6.45) is 1.16. The van der Waals surface area contributed by atoms with Crippen molar-refractivity contribution < 1.29 is 13.9 Å². The number of benzene rings is 1. The quantitative estimate of drug-likeness (QED) is 0.898. The van der Waals surface area contributed by atoms with E-state index in [-0.39, 0.29) is 28.9 Å². The molecule has 1 aromatic heterocycles. The summed E-state index contributed by atoms with van der Waals surface area (Å²) in [5.74, 6) is 0.0233. The van der Waals surface area contributed by atoms with Crippen LogP contribution in [0, 0.1) is 5.92 Å². The molecule has 6 nitrogen and oxygen atoms in total. The minimum absolute atomic E-state index is 0.000454. The van der Waals surface area contributed by atoms with E-state index in [1.165, 1.54) is 12.7 Å². The molecule has 1 amide bonds. The number of carbonyl (C=O) groups excluding carboxylic acids is 1. The fourth-order valence-corrected chi connectivity index (χ4v) is 3.13. The van der Waals surface area contributed by atoms with Crippen molar-refractivity contribution in [3.8, 4) is 5.75 Å². The lowest BCUT2D eigenvalue weighted by atomic mass is 10.1. The highest BCUT2D eigenvalue weighted by Gasteiger charge is 2.31. The van der Waals surface area contributed by atoms with Crippen LogP contribution < -0.4 is 15.5 Å². The topological polar surface area (TPSA) is 71.8 Å². The molecule has 1 aliphatic rings. The van der Waals surface area contributed by atoms with Gasteiger partial charge in [0.1, 0.15) is 6.26 Å². The average molecular weight is 342 g/mol. The van der Waals surface area contributed by atoms with Crippen LogP contribution in [0.25, 0.3) is 0 Å². The molecule has 0 saturated carbocycles. The summed E-state index contributed by atoms with van der Waals surface area (Å²) in [7, 11) is 1.38. The molecule has 1 aromatic carbocycles. The van der Waals surface area contributed by atoms with E-state index in [0.29, 0.717) is 5.92 Å². The number of amides is 1. The summed E-state index contributed by atoms with van der Waals surface area (Å²) in [5, 5.41) is 2.97. The Labute approximate surface area is 146 Å². The summed E-state index contributed by atoms with van der Waals surface area (Å²) in [6, 6.07) is 11.4. The lowest BCUT2D eigenvalue weighted by molar-refractivity contribution is 0.0900. The SMILES string of the molecule is COc1coc(C(=O)N[C@H]2CN(Cc3ccccc3)C[C@@H]2C)cc1=O. The summed E-state index contributed by atoms with van der Waals surface area (Å²) in [6.45, 7) is 4.64. The van der Waals surface area contributed by atoms with Gasteiger partial charge in [-0.2, -0.15) is 0 Å². The van der Waals surface area contributed by atoms with Crippen LogP contribution in [0.3, 0.4) is 0 Å². The van der Waals surface area contributed by atoms with E-state index in [1.807, 2.05) is 18.2 Å². The third kappa shape index (κ3) is 4.09. The van der Waals surface area contributed by atoms with Gasteiger partial charge in [0, 0.05) is 31.7 Å². The van der Waals surface area contributed by atoms with Crippen LogP contribution in [0.4, 0.5) is 0 Å². The van der Waals surface area contributed by atoms with E-state index in [9.17, 15) is 9.59 Å². The molecule has 2 aromatic rings. The highest BCUT2D eigenvalue weighted by molar-refractivity contribution is 5.91. The van der Waals surface area contributed by atoms with Crippen LogP contribution in [0.15, 0.2) is 51.9 Å². The number of rotatable bonds is 5. The highest BCUT2D eigenvalue weighted by atomic mass is 16.5. The zero-order chi connectivity index (χ0) is 17.8. The van der Waals surface area contributed by atoms with Gasteiger partial charge in [-0.1, -0.05) is 37.3 Å². The Kier molecular flexibility index (Phi) is 5.19. The first kappa shape index (κ1) is 17.2. The molecule has 132 valence electrons. The predicted molar refractivity (Wildman–Crippen MR) is 93.7 cm³/mol. The number of carbonyl (C=O) groups is 1. The van der Waals surface area contributed by atoms with Gasteiger partial charge in [-0.15, -0.1) is 0 Å². The van der Waals surface area contributed by atoms with Crippen molar-refractivity contribution in [1.82, 2.24) is 10.2 Å². The van der Waals surface area contributed by atoms with E-state index >= 15 is 0 Å². The Morgan fingerprint density at radius 1 is 1.32 bits per heavy atom. The molecule has 0 bridgehead atoms. The summed E-state index contributed by atoms with van der Waals surface area (Å²) < 4.78 is 10.1. The number of ether oxygens (including phenoxy) is 1. The molecule has 1 saturated heterocycles. The number of nitrogens with one attached hydrogen (secondary N) is 1. The Balaban J connectivity index is 1.61. The van der Waals surface area contributed by atoms with E-state index < -0.39 is 0 Å². The molecule has 25 heavy (non-hydrogen) atoms. The number of hydrogen-bond acceptors (Lipinski definition) is 5. The molecule has 2 atom stereocenters. The molecule has 0 spiro atoms. The first-order valence-electron chi connectivity index (χ1n) is 8.31. The van der Waals surface area contributed by atoms with Crippen LogP contribution in [0.1, 0.15) is 23.0 Å². The fraction of sp³-hybridized carbons (Fsp3) is 0.368. The Morgan fingerprint density at radius 2 is 2.08 bits per heavy atom. The Morgan fingerprint density at radius 3 is 2.76 bits per heavy atom. The van der Waals surface area contributed by atoms with E-state index in [4.69, 9.17) is 9.15 Å². The lowest BCUT2D eigenvalue weighted by Crippen LogP contribution is -2.40. The van der Waals surface area contributed by atoms with Crippen molar-refractivity contribution in [2.24, 2.45) is 5.92 Å². The molecular formula is C19H22N2O4. The summed E-state index contributed by atoms with van der Waals surface area (Å²) in [5.41, 5.74) is 0.881. The first-order chi connectivity index (χ1) is 12.1. The second-order valence-corrected chi connectivity index (χ2v) is 6.41. The van der Waals surface area contributed by atoms with Crippen molar-refractivity contribution in [2.75, 3.05) is 20.2 Å². The molecule has 0 radical (unpaired) electrons. The van der Waals surface area contributed by atoms with Crippen molar-refractivity contribution in [3.05, 3.63) is 64.2 Å². The maximum Gasteiger partial charge on any atom is 0.287 e. The van der Waals surface area contributed by atoms with Gasteiger partial charge in [-0.25, -0.2) is 0 Å². The van der Waals surface area contributed by atoms with Gasteiger partial charge in [0.25, 0.3) is 5.91 Å². The Bertz CT molecular complexity index is 788. The predicted octanol–water partition coefficient (Wildman–Crippen LogP) is 1.90. The molecule has 2 heterocycles. The van der Waals surface area contributed by atoms with E-state index in [1.54, 1.807) is 0 Å². The lowest BCUT2D eigenvalue weighted by Gasteiger charge is -2.17. The van der Waals surface area contributed by atoms with Crippen LogP contribution in [0.5, 0.6) is 5.75 Å². The van der Waals surface area contributed by atoms with Crippen molar-refractivity contribution >= 4 is 5.91 Å². The summed E-state index contributed by atoms with van der Waals surface area (Å²) >= 11 is 0. The van der Waals surface area contributed by atoms with Crippen LogP contribution >= 0.6 is 0 Å². The normalized spacial score (nSPS) is 20.4. The van der Waals surface area contributed by atoms with Crippen LogP contribution in [0.2, 0.25) is 0 Å². The van der Waals surface area contributed by atoms with Gasteiger partial charge in [0.2, 0.25) is 11.2 Å². The molecular weight excluding hydrogens is 320 g/mol. The molecule has 1 fully saturated rings. The van der Waals surface area contributed by atoms with Gasteiger partial charge in [-0.05, 0) is 11.5 Å². The highest BCUT2D eigenvalue weighted by Crippen LogP contribution is 2.19. The van der Waals surface area contributed by atoms with Crippen LogP contribution in [-0.4, -0.2) is 37.0 Å². The van der Waals surface area contributed by atoms with E-state index in [2.05, 4.69) is 29.3 Å². The van der Waals surface area contributed by atoms with Gasteiger partial charge in [0.15, 0.2) is 5.76 Å².